The van der Waals surface area contributed by atoms with Crippen LogP contribution in [0.1, 0.15) is 93.0 Å². The number of anilines is 2. The first-order chi connectivity index (χ1) is 26.6. The van der Waals surface area contributed by atoms with Crippen LogP contribution in [0, 0.1) is 5.41 Å². The number of nitrogens with one attached hydrogen (secondary N) is 5. The van der Waals surface area contributed by atoms with Gasteiger partial charge in [-0.25, -0.2) is 4.98 Å². The van der Waals surface area contributed by atoms with Gasteiger partial charge in [-0.3, -0.25) is 4.79 Å². The van der Waals surface area contributed by atoms with Crippen molar-refractivity contribution in [3.05, 3.63) is 117 Å². The molecule has 1 saturated heterocycles. The third-order valence-electron chi connectivity index (χ3n) is 9.97. The molecule has 1 atom stereocenters. The lowest BCUT2D eigenvalue weighted by atomic mass is 9.92. The summed E-state index contributed by atoms with van der Waals surface area (Å²) in [5.74, 6) is 1.11. The van der Waals surface area contributed by atoms with E-state index >= 15 is 0 Å². The van der Waals surface area contributed by atoms with E-state index in [1.54, 1.807) is 12.1 Å². The van der Waals surface area contributed by atoms with Crippen molar-refractivity contribution in [2.24, 2.45) is 0 Å². The van der Waals surface area contributed by atoms with Gasteiger partial charge >= 0.3 is 0 Å². The first-order valence-electron chi connectivity index (χ1n) is 19.5. The SMILES string of the molecule is CCNc1nc(CC)c(CNC(=O)C2=CC(CC(C)(C)NCC(O)c3ccc(OCc4ccccc4)c(CO)c3)=CC=CC2)c(NC2CCOCC2)c1C=N. The van der Waals surface area contributed by atoms with E-state index in [1.165, 1.54) is 6.21 Å². The Kier molecular flexibility index (Phi) is 15.2. The Morgan fingerprint density at radius 3 is 2.64 bits per heavy atom. The molecule has 1 fully saturated rings. The molecule has 1 amide bonds. The maximum absolute atomic E-state index is 13.8. The standard InChI is InChI=1S/C44H58N6O5/c1-5-38-37(41(49-35-18-20-54-21-19-35)36(25-45)42(50-38)46-6-2)26-47-43(53)33-15-11-10-14-31(22-33)24-44(3,4)48-27-39(52)32-16-17-40(34(23-32)28-51)55-29-30-12-8-7-9-13-30/h7-14,16-17,22-23,25,35,39,45,48,51-52H,5-6,15,18-21,24,26-29H2,1-4H3,(H,47,53)(H2,46,49,50). The average molecular weight is 751 g/mol. The predicted octanol–water partition coefficient (Wildman–Crippen LogP) is 6.66. The number of aromatic nitrogens is 1. The number of aliphatic hydroxyl groups excluding tert-OH is 2. The van der Waals surface area contributed by atoms with E-state index in [1.807, 2.05) is 67.6 Å². The maximum Gasteiger partial charge on any atom is 0.247 e. The Morgan fingerprint density at radius 1 is 1.15 bits per heavy atom. The fourth-order valence-electron chi connectivity index (χ4n) is 6.96. The van der Waals surface area contributed by atoms with Crippen molar-refractivity contribution in [1.82, 2.24) is 15.6 Å². The van der Waals surface area contributed by atoms with Gasteiger partial charge in [0.25, 0.3) is 0 Å². The molecule has 2 aromatic carbocycles. The molecule has 55 heavy (non-hydrogen) atoms. The average Bonchev–Trinajstić information content (AvgIpc) is 3.44. The van der Waals surface area contributed by atoms with Crippen molar-refractivity contribution in [1.29, 1.82) is 5.41 Å². The minimum atomic E-state index is -0.805. The molecule has 0 radical (unpaired) electrons. The summed E-state index contributed by atoms with van der Waals surface area (Å²) < 4.78 is 11.6. The molecule has 5 rings (SSSR count). The second kappa shape index (κ2) is 20.2. The number of benzene rings is 2. The topological polar surface area (TPSA) is 161 Å². The monoisotopic (exact) mass is 750 g/mol. The van der Waals surface area contributed by atoms with Crippen molar-refractivity contribution in [3.63, 3.8) is 0 Å². The van der Waals surface area contributed by atoms with Crippen LogP contribution < -0.4 is 26.0 Å². The lowest BCUT2D eigenvalue weighted by molar-refractivity contribution is -0.117. The maximum atomic E-state index is 13.8. The van der Waals surface area contributed by atoms with Crippen molar-refractivity contribution in [2.75, 3.05) is 36.9 Å². The molecule has 2 aliphatic rings. The lowest BCUT2D eigenvalue weighted by Crippen LogP contribution is -2.41. The van der Waals surface area contributed by atoms with E-state index in [2.05, 4.69) is 42.0 Å². The fourth-order valence-corrected chi connectivity index (χ4v) is 6.96. The quantitative estimate of drug-likeness (QED) is 0.0666. The van der Waals surface area contributed by atoms with E-state index < -0.39 is 11.6 Å². The minimum Gasteiger partial charge on any atom is -0.489 e. The molecule has 1 aliphatic heterocycles. The van der Waals surface area contributed by atoms with Crippen LogP contribution in [0.2, 0.25) is 0 Å². The van der Waals surface area contributed by atoms with Gasteiger partial charge in [-0.15, -0.1) is 0 Å². The zero-order valence-corrected chi connectivity index (χ0v) is 32.7. The number of ether oxygens (including phenoxy) is 2. The van der Waals surface area contributed by atoms with E-state index in [-0.39, 0.29) is 25.1 Å². The van der Waals surface area contributed by atoms with Crippen molar-refractivity contribution in [2.45, 2.75) is 97.2 Å². The molecule has 0 bridgehead atoms. The van der Waals surface area contributed by atoms with E-state index in [9.17, 15) is 15.0 Å². The third-order valence-corrected chi connectivity index (χ3v) is 9.97. The van der Waals surface area contributed by atoms with Crippen LogP contribution in [0.25, 0.3) is 0 Å². The number of aliphatic hydroxyl groups is 2. The number of β-amino-alcohol motifs (C(OH)–C–C–N with tert-alkyl or cyclic N) is 1. The fraction of sp³-hybridized carbons (Fsp3) is 0.432. The van der Waals surface area contributed by atoms with Gasteiger partial charge in [0.05, 0.1) is 24.0 Å². The van der Waals surface area contributed by atoms with Crippen LogP contribution in [-0.4, -0.2) is 65.2 Å². The number of hydrogen-bond acceptors (Lipinski definition) is 10. The van der Waals surface area contributed by atoms with Crippen LogP contribution in [0.5, 0.6) is 5.75 Å². The van der Waals surface area contributed by atoms with Gasteiger partial charge in [-0.05, 0) is 87.8 Å². The minimum absolute atomic E-state index is 0.152. The van der Waals surface area contributed by atoms with Gasteiger partial charge in [-0.1, -0.05) is 61.5 Å². The smallest absolute Gasteiger partial charge is 0.247 e. The summed E-state index contributed by atoms with van der Waals surface area (Å²) in [7, 11) is 0. The molecule has 2 heterocycles. The lowest BCUT2D eigenvalue weighted by Gasteiger charge is -2.29. The van der Waals surface area contributed by atoms with Gasteiger partial charge < -0.3 is 46.4 Å². The molecule has 11 heteroatoms. The Balaban J connectivity index is 1.23. The number of pyridine rings is 1. The zero-order chi connectivity index (χ0) is 39.2. The Labute approximate surface area is 325 Å². The van der Waals surface area contributed by atoms with Crippen LogP contribution in [0.3, 0.4) is 0 Å². The Hall–Kier alpha value is -4.81. The van der Waals surface area contributed by atoms with Crippen molar-refractivity contribution in [3.8, 4) is 5.75 Å². The molecular weight excluding hydrogens is 693 g/mol. The van der Waals surface area contributed by atoms with Gasteiger partial charge in [0, 0.05) is 73.0 Å². The van der Waals surface area contributed by atoms with Gasteiger partial charge in [0.15, 0.2) is 0 Å². The molecular formula is C44H58N6O5. The number of rotatable bonds is 19. The van der Waals surface area contributed by atoms with E-state index in [4.69, 9.17) is 19.9 Å². The molecule has 294 valence electrons. The van der Waals surface area contributed by atoms with Crippen LogP contribution in [0.15, 0.2) is 84.0 Å². The summed E-state index contributed by atoms with van der Waals surface area (Å²) >= 11 is 0. The predicted molar refractivity (Wildman–Crippen MR) is 220 cm³/mol. The highest BCUT2D eigenvalue weighted by molar-refractivity contribution is 5.96. The first kappa shape index (κ1) is 41.4. The van der Waals surface area contributed by atoms with Gasteiger partial charge in [0.2, 0.25) is 5.91 Å². The molecule has 11 nitrogen and oxygen atoms in total. The van der Waals surface area contributed by atoms with Crippen molar-refractivity contribution < 1.29 is 24.5 Å². The second-order valence-electron chi connectivity index (χ2n) is 14.7. The molecule has 0 spiro atoms. The third kappa shape index (κ3) is 11.6. The number of carbonyl (C=O) groups excluding carboxylic acids is 1. The first-order valence-corrected chi connectivity index (χ1v) is 19.5. The zero-order valence-electron chi connectivity index (χ0n) is 32.7. The summed E-state index contributed by atoms with van der Waals surface area (Å²) in [4.78, 5) is 18.7. The highest BCUT2D eigenvalue weighted by Gasteiger charge is 2.25. The van der Waals surface area contributed by atoms with Crippen LogP contribution in [-0.2, 0) is 35.7 Å². The summed E-state index contributed by atoms with van der Waals surface area (Å²) in [6, 6.07) is 15.5. The summed E-state index contributed by atoms with van der Waals surface area (Å²) in [6.45, 7) is 11.0. The van der Waals surface area contributed by atoms with Crippen molar-refractivity contribution >= 4 is 23.6 Å². The number of allylic oxidation sites excluding steroid dienone is 4. The second-order valence-corrected chi connectivity index (χ2v) is 14.7. The number of amides is 1. The Bertz CT molecular complexity index is 1850. The summed E-state index contributed by atoms with van der Waals surface area (Å²) in [5, 5.41) is 43.2. The van der Waals surface area contributed by atoms with Gasteiger partial charge in [0.1, 0.15) is 18.2 Å². The summed E-state index contributed by atoms with van der Waals surface area (Å²) in [5.41, 5.74) is 6.88. The highest BCUT2D eigenvalue weighted by atomic mass is 16.5. The highest BCUT2D eigenvalue weighted by Crippen LogP contribution is 2.31. The molecule has 0 saturated carbocycles. The van der Waals surface area contributed by atoms with E-state index in [0.29, 0.717) is 86.0 Å². The number of aryl methyl sites for hydroxylation is 1. The van der Waals surface area contributed by atoms with Gasteiger partial charge in [-0.2, -0.15) is 0 Å². The molecule has 7 N–H and O–H groups in total. The Morgan fingerprint density at radius 2 is 1.93 bits per heavy atom. The number of carbonyl (C=O) groups is 1. The summed E-state index contributed by atoms with van der Waals surface area (Å²) in [6.07, 6.45) is 12.0. The number of hydrogen-bond donors (Lipinski definition) is 7. The van der Waals surface area contributed by atoms with E-state index in [0.717, 1.165) is 40.9 Å². The molecule has 1 aliphatic carbocycles. The van der Waals surface area contributed by atoms with Crippen LogP contribution in [0.4, 0.5) is 11.5 Å². The molecule has 1 unspecified atom stereocenters. The number of nitrogens with zero attached hydrogens (tertiary/aromatic N) is 1. The largest absolute Gasteiger partial charge is 0.489 e. The molecule has 1 aromatic heterocycles. The van der Waals surface area contributed by atoms with Crippen LogP contribution >= 0.6 is 0 Å². The molecule has 3 aromatic rings. The normalized spacial score (nSPS) is 15.4.